The first-order valence-corrected chi connectivity index (χ1v) is 13.6. The smallest absolute Gasteiger partial charge is 0.407 e. The molecule has 2 bridgehead atoms. The van der Waals surface area contributed by atoms with Gasteiger partial charge in [0.15, 0.2) is 5.69 Å². The zero-order valence-corrected chi connectivity index (χ0v) is 22.1. The fourth-order valence-electron chi connectivity index (χ4n) is 6.54. The number of aliphatic hydroxyl groups excluding tert-OH is 1. The van der Waals surface area contributed by atoms with E-state index in [9.17, 15) is 14.7 Å². The van der Waals surface area contributed by atoms with Gasteiger partial charge in [0.2, 0.25) is 0 Å². The molecule has 0 saturated carbocycles. The molecule has 3 aliphatic rings. The molecule has 0 aliphatic carbocycles. The summed E-state index contributed by atoms with van der Waals surface area (Å²) >= 11 is 0. The van der Waals surface area contributed by atoms with Crippen molar-refractivity contribution in [1.29, 1.82) is 0 Å². The first-order chi connectivity index (χ1) is 17.8. The monoisotopic (exact) mass is 512 g/mol. The molecule has 5 rings (SSSR count). The number of amides is 2. The van der Waals surface area contributed by atoms with Crippen LogP contribution in [-0.4, -0.2) is 100 Å². The minimum absolute atomic E-state index is 0.0687. The van der Waals surface area contributed by atoms with Crippen molar-refractivity contribution in [3.8, 4) is 0 Å². The number of hydrogen-bond donors (Lipinski definition) is 3. The highest BCUT2D eigenvalue weighted by Gasteiger charge is 2.42. The van der Waals surface area contributed by atoms with Crippen LogP contribution in [0.4, 0.5) is 4.79 Å². The number of hydrogen-bond acceptors (Lipinski definition) is 7. The highest BCUT2D eigenvalue weighted by molar-refractivity contribution is 6.05. The Morgan fingerprint density at radius 2 is 1.81 bits per heavy atom. The summed E-state index contributed by atoms with van der Waals surface area (Å²) in [4.78, 5) is 29.4. The second-order valence-electron chi connectivity index (χ2n) is 11.2. The van der Waals surface area contributed by atoms with Crippen molar-refractivity contribution < 1.29 is 19.4 Å². The van der Waals surface area contributed by atoms with Crippen LogP contribution in [0.15, 0.2) is 24.3 Å². The van der Waals surface area contributed by atoms with Gasteiger partial charge in [-0.05, 0) is 52.0 Å². The van der Waals surface area contributed by atoms with E-state index in [1.54, 1.807) is 0 Å². The normalized spacial score (nSPS) is 27.1. The van der Waals surface area contributed by atoms with Gasteiger partial charge in [-0.25, -0.2) is 4.79 Å². The molecule has 10 heteroatoms. The summed E-state index contributed by atoms with van der Waals surface area (Å²) in [6.45, 7) is 6.98. The van der Waals surface area contributed by atoms with Crippen LogP contribution in [0, 0.1) is 0 Å². The second-order valence-corrected chi connectivity index (χ2v) is 11.2. The Kier molecular flexibility index (Phi) is 7.69. The van der Waals surface area contributed by atoms with Gasteiger partial charge in [-0.3, -0.25) is 19.3 Å². The van der Waals surface area contributed by atoms with Crippen molar-refractivity contribution in [1.82, 2.24) is 30.2 Å². The molecule has 3 N–H and O–H groups in total. The highest BCUT2D eigenvalue weighted by Crippen LogP contribution is 2.36. The van der Waals surface area contributed by atoms with Gasteiger partial charge in [-0.15, -0.1) is 0 Å². The van der Waals surface area contributed by atoms with E-state index >= 15 is 0 Å². The first kappa shape index (κ1) is 25.9. The van der Waals surface area contributed by atoms with Gasteiger partial charge in [-0.1, -0.05) is 18.2 Å². The largest absolute Gasteiger partial charge is 0.453 e. The quantitative estimate of drug-likeness (QED) is 0.497. The number of alkyl carbamates (subject to hydrolysis) is 1. The third-order valence-electron chi connectivity index (χ3n) is 8.21. The molecular formula is C27H40N6O4. The summed E-state index contributed by atoms with van der Waals surface area (Å²) in [6, 6.07) is 9.02. The van der Waals surface area contributed by atoms with Crippen molar-refractivity contribution >= 4 is 22.9 Å². The lowest BCUT2D eigenvalue weighted by Gasteiger charge is -2.40. The van der Waals surface area contributed by atoms with E-state index in [4.69, 9.17) is 4.74 Å². The van der Waals surface area contributed by atoms with Gasteiger partial charge in [0.05, 0.1) is 18.7 Å². The number of β-amino-alcohol motifs (C(OH)–C–C–N with tert-alkyl or cyclic N) is 1. The fraction of sp³-hybridized carbons (Fsp3) is 0.667. The Hall–Kier alpha value is -2.69. The standard InChI is InChI=1S/C27H40N6O4/c1-17(2)33-24-7-5-4-6-23(24)25(30-33)26(35)28-19-12-20-8-9-21(13-19)32(20)16-22(34)15-31-11-10-18(14-31)29-27(36)37-3/h4-7,17-22,34H,8-16H2,1-3H3,(H,28,35)(H,29,36)/t18?,19?,20-,21+,22?. The van der Waals surface area contributed by atoms with Gasteiger partial charge >= 0.3 is 6.09 Å². The molecule has 0 spiro atoms. The van der Waals surface area contributed by atoms with Gasteiger partial charge < -0.3 is 20.5 Å². The van der Waals surface area contributed by atoms with Gasteiger partial charge in [-0.2, -0.15) is 5.10 Å². The van der Waals surface area contributed by atoms with Crippen molar-refractivity contribution in [2.45, 2.75) is 82.3 Å². The number of likely N-dealkylation sites (tertiary alicyclic amines) is 1. The topological polar surface area (TPSA) is 112 Å². The maximum absolute atomic E-state index is 13.3. The molecule has 0 radical (unpaired) electrons. The second kappa shape index (κ2) is 11.0. The number of methoxy groups -OCH3 is 1. The predicted octanol–water partition coefficient (Wildman–Crippen LogP) is 2.13. The molecule has 10 nitrogen and oxygen atoms in total. The van der Waals surface area contributed by atoms with Crippen molar-refractivity contribution in [3.05, 3.63) is 30.0 Å². The number of carbonyl (C=O) groups excluding carboxylic acids is 2. The van der Waals surface area contributed by atoms with E-state index in [2.05, 4.69) is 39.4 Å². The Labute approximate surface area is 218 Å². The number of ether oxygens (including phenoxy) is 1. The Balaban J connectivity index is 1.14. The third kappa shape index (κ3) is 5.61. The lowest BCUT2D eigenvalue weighted by atomic mass is 9.96. The van der Waals surface area contributed by atoms with Crippen molar-refractivity contribution in [2.24, 2.45) is 0 Å². The zero-order chi connectivity index (χ0) is 26.1. The average Bonchev–Trinajstić information content (AvgIpc) is 3.53. The van der Waals surface area contributed by atoms with E-state index in [-0.39, 0.29) is 24.0 Å². The Morgan fingerprint density at radius 3 is 2.51 bits per heavy atom. The summed E-state index contributed by atoms with van der Waals surface area (Å²) in [6.07, 6.45) is 4.01. The number of fused-ring (bicyclic) bond motifs is 3. The minimum Gasteiger partial charge on any atom is -0.453 e. The van der Waals surface area contributed by atoms with E-state index in [1.807, 2.05) is 28.9 Å². The molecule has 1 aromatic carbocycles. The number of aromatic nitrogens is 2. The van der Waals surface area contributed by atoms with Crippen LogP contribution in [0.2, 0.25) is 0 Å². The summed E-state index contributed by atoms with van der Waals surface area (Å²) < 4.78 is 6.61. The van der Waals surface area contributed by atoms with E-state index in [0.29, 0.717) is 30.9 Å². The van der Waals surface area contributed by atoms with Crippen molar-refractivity contribution in [3.63, 3.8) is 0 Å². The van der Waals surface area contributed by atoms with Gasteiger partial charge in [0.1, 0.15) is 0 Å². The maximum atomic E-state index is 13.3. The minimum atomic E-state index is -0.447. The van der Waals surface area contributed by atoms with Crippen LogP contribution in [0.5, 0.6) is 0 Å². The molecule has 1 aromatic heterocycles. The summed E-state index contributed by atoms with van der Waals surface area (Å²) in [5.74, 6) is -0.0994. The number of para-hydroxylation sites is 1. The van der Waals surface area contributed by atoms with Gasteiger partial charge in [0, 0.05) is 61.8 Å². The molecule has 3 saturated heterocycles. The molecular weight excluding hydrogens is 472 g/mol. The molecule has 3 fully saturated rings. The Morgan fingerprint density at radius 1 is 1.08 bits per heavy atom. The Bertz CT molecular complexity index is 1110. The molecule has 202 valence electrons. The van der Waals surface area contributed by atoms with Crippen LogP contribution in [0.1, 0.15) is 62.5 Å². The third-order valence-corrected chi connectivity index (χ3v) is 8.21. The van der Waals surface area contributed by atoms with Crippen molar-refractivity contribution in [2.75, 3.05) is 33.3 Å². The van der Waals surface area contributed by atoms with Crippen LogP contribution >= 0.6 is 0 Å². The number of nitrogens with zero attached hydrogens (tertiary/aromatic N) is 4. The van der Waals surface area contributed by atoms with E-state index < -0.39 is 12.2 Å². The highest BCUT2D eigenvalue weighted by atomic mass is 16.5. The van der Waals surface area contributed by atoms with Gasteiger partial charge in [0.25, 0.3) is 5.91 Å². The molecule has 2 amide bonds. The van der Waals surface area contributed by atoms with E-state index in [1.165, 1.54) is 7.11 Å². The average molecular weight is 513 g/mol. The van der Waals surface area contributed by atoms with Crippen LogP contribution in [0.25, 0.3) is 10.9 Å². The maximum Gasteiger partial charge on any atom is 0.407 e. The lowest BCUT2D eigenvalue weighted by Crippen LogP contribution is -2.53. The van der Waals surface area contributed by atoms with Crippen LogP contribution in [0.3, 0.4) is 0 Å². The SMILES string of the molecule is COC(=O)NC1CCN(CC(O)CN2[C@@H]3CC[C@H]2CC(NC(=O)c2nn(C(C)C)c4ccccc24)C3)C1. The number of piperidine rings is 1. The number of rotatable bonds is 8. The number of aliphatic hydroxyl groups is 1. The lowest BCUT2D eigenvalue weighted by molar-refractivity contribution is 0.0361. The zero-order valence-electron chi connectivity index (χ0n) is 22.1. The summed E-state index contributed by atoms with van der Waals surface area (Å²) in [5, 5.41) is 22.6. The summed E-state index contributed by atoms with van der Waals surface area (Å²) in [7, 11) is 1.37. The molecule has 4 heterocycles. The van der Waals surface area contributed by atoms with Crippen LogP contribution in [-0.2, 0) is 4.74 Å². The molecule has 5 atom stereocenters. The molecule has 3 unspecified atom stereocenters. The summed E-state index contributed by atoms with van der Waals surface area (Å²) in [5.41, 5.74) is 1.48. The first-order valence-electron chi connectivity index (χ1n) is 13.6. The number of nitrogens with one attached hydrogen (secondary N) is 2. The van der Waals surface area contributed by atoms with Crippen LogP contribution < -0.4 is 10.6 Å². The molecule has 37 heavy (non-hydrogen) atoms. The number of benzene rings is 1. The van der Waals surface area contributed by atoms with E-state index in [0.717, 1.165) is 56.1 Å². The predicted molar refractivity (Wildman–Crippen MR) is 141 cm³/mol. The number of carbonyl (C=O) groups is 2. The molecule has 2 aromatic rings. The fourth-order valence-corrected chi connectivity index (χ4v) is 6.54. The molecule has 3 aliphatic heterocycles.